The van der Waals surface area contributed by atoms with Crippen molar-refractivity contribution in [3.8, 4) is 0 Å². The number of halogens is 1. The zero-order valence-electron chi connectivity index (χ0n) is 10.0. The topological polar surface area (TPSA) is 75.4 Å². The Morgan fingerprint density at radius 2 is 2.28 bits per heavy atom. The number of benzene rings is 1. The molecule has 1 aliphatic rings. The lowest BCUT2D eigenvalue weighted by Gasteiger charge is -2.11. The number of rotatable bonds is 3. The van der Waals surface area contributed by atoms with Gasteiger partial charge in [-0.1, -0.05) is 11.6 Å². The van der Waals surface area contributed by atoms with Gasteiger partial charge in [-0.3, -0.25) is 4.79 Å². The number of aliphatic hydroxyl groups is 1. The van der Waals surface area contributed by atoms with Crippen LogP contribution in [0.15, 0.2) is 18.2 Å². The zero-order chi connectivity index (χ0) is 13.1. The lowest BCUT2D eigenvalue weighted by Crippen LogP contribution is -2.28. The molecule has 4 N–H and O–H groups in total. The van der Waals surface area contributed by atoms with Crippen molar-refractivity contribution >= 4 is 23.2 Å². The van der Waals surface area contributed by atoms with Gasteiger partial charge in [-0.05, 0) is 43.4 Å². The molecule has 18 heavy (non-hydrogen) atoms. The van der Waals surface area contributed by atoms with E-state index in [2.05, 4.69) is 5.32 Å². The molecule has 0 saturated heterocycles. The number of hydrogen-bond acceptors (Lipinski definition) is 3. The quantitative estimate of drug-likeness (QED) is 0.732. The highest BCUT2D eigenvalue weighted by Gasteiger charge is 2.23. The number of carbonyl (C=O) groups is 1. The largest absolute Gasteiger partial charge is 0.398 e. The summed E-state index contributed by atoms with van der Waals surface area (Å²) in [6.45, 7) is 0.595. The van der Waals surface area contributed by atoms with Crippen LogP contribution in [0, 0.1) is 5.92 Å². The van der Waals surface area contributed by atoms with Crippen LogP contribution in [0.2, 0.25) is 5.02 Å². The Morgan fingerprint density at radius 3 is 2.89 bits per heavy atom. The van der Waals surface area contributed by atoms with Gasteiger partial charge in [0, 0.05) is 12.1 Å². The van der Waals surface area contributed by atoms with Crippen molar-refractivity contribution in [1.82, 2.24) is 5.32 Å². The standard InChI is InChI=1S/C13H17ClN2O2/c14-11-6-9(2-4-12(11)15)13(18)16-7-8-1-3-10(17)5-8/h2,4,6,8,10,17H,1,3,5,7,15H2,(H,16,18). The summed E-state index contributed by atoms with van der Waals surface area (Å²) in [6, 6.07) is 4.84. The maximum Gasteiger partial charge on any atom is 0.251 e. The highest BCUT2D eigenvalue weighted by atomic mass is 35.5. The van der Waals surface area contributed by atoms with Gasteiger partial charge in [0.2, 0.25) is 0 Å². The van der Waals surface area contributed by atoms with Crippen LogP contribution in [0.4, 0.5) is 5.69 Å². The van der Waals surface area contributed by atoms with Crippen molar-refractivity contribution in [2.45, 2.75) is 25.4 Å². The Kier molecular flexibility index (Phi) is 4.09. The Hall–Kier alpha value is -1.26. The minimum atomic E-state index is -0.210. The average Bonchev–Trinajstić information content (AvgIpc) is 2.75. The highest BCUT2D eigenvalue weighted by Crippen LogP contribution is 2.25. The lowest BCUT2D eigenvalue weighted by molar-refractivity contribution is 0.0945. The van der Waals surface area contributed by atoms with E-state index in [1.165, 1.54) is 0 Å². The lowest BCUT2D eigenvalue weighted by atomic mass is 10.1. The summed E-state index contributed by atoms with van der Waals surface area (Å²) in [6.07, 6.45) is 2.35. The van der Waals surface area contributed by atoms with E-state index >= 15 is 0 Å². The van der Waals surface area contributed by atoms with E-state index in [-0.39, 0.29) is 12.0 Å². The Bertz CT molecular complexity index is 451. The Balaban J connectivity index is 1.89. The van der Waals surface area contributed by atoms with Gasteiger partial charge >= 0.3 is 0 Å². The number of nitrogens with two attached hydrogens (primary N) is 1. The van der Waals surface area contributed by atoms with Gasteiger partial charge in [0.05, 0.1) is 16.8 Å². The molecular weight excluding hydrogens is 252 g/mol. The molecule has 0 bridgehead atoms. The first-order valence-electron chi connectivity index (χ1n) is 6.07. The number of anilines is 1. The van der Waals surface area contributed by atoms with Gasteiger partial charge in [0.15, 0.2) is 0 Å². The molecule has 1 saturated carbocycles. The van der Waals surface area contributed by atoms with Crippen LogP contribution in [-0.2, 0) is 0 Å². The molecule has 98 valence electrons. The smallest absolute Gasteiger partial charge is 0.251 e. The van der Waals surface area contributed by atoms with Crippen LogP contribution >= 0.6 is 11.6 Å². The fourth-order valence-corrected chi connectivity index (χ4v) is 2.42. The number of aliphatic hydroxyl groups excluding tert-OH is 1. The van der Waals surface area contributed by atoms with Crippen LogP contribution in [0.1, 0.15) is 29.6 Å². The maximum atomic E-state index is 11.9. The van der Waals surface area contributed by atoms with Gasteiger partial charge < -0.3 is 16.2 Å². The number of nitrogen functional groups attached to an aromatic ring is 1. The van der Waals surface area contributed by atoms with Crippen molar-refractivity contribution in [1.29, 1.82) is 0 Å². The third-order valence-electron chi connectivity index (χ3n) is 3.33. The van der Waals surface area contributed by atoms with Crippen molar-refractivity contribution in [2.24, 2.45) is 5.92 Å². The second-order valence-corrected chi connectivity index (χ2v) is 5.19. The summed E-state index contributed by atoms with van der Waals surface area (Å²) in [4.78, 5) is 11.9. The number of amides is 1. The minimum Gasteiger partial charge on any atom is -0.398 e. The maximum absolute atomic E-state index is 11.9. The first kappa shape index (κ1) is 13.2. The molecular formula is C13H17ClN2O2. The molecule has 1 fully saturated rings. The summed E-state index contributed by atoms with van der Waals surface area (Å²) < 4.78 is 0. The molecule has 2 atom stereocenters. The first-order chi connectivity index (χ1) is 8.56. The minimum absolute atomic E-state index is 0.154. The van der Waals surface area contributed by atoms with Crippen LogP contribution in [0.3, 0.4) is 0 Å². The molecule has 5 heteroatoms. The summed E-state index contributed by atoms with van der Waals surface area (Å²) in [7, 11) is 0. The second kappa shape index (κ2) is 5.59. The van der Waals surface area contributed by atoms with E-state index in [0.29, 0.717) is 28.7 Å². The number of nitrogens with one attached hydrogen (secondary N) is 1. The molecule has 1 aromatic carbocycles. The summed E-state index contributed by atoms with van der Waals surface area (Å²) in [5.41, 5.74) is 6.56. The van der Waals surface area contributed by atoms with E-state index in [0.717, 1.165) is 19.3 Å². The van der Waals surface area contributed by atoms with Crippen LogP contribution in [0.25, 0.3) is 0 Å². The van der Waals surface area contributed by atoms with Crippen molar-refractivity contribution in [3.63, 3.8) is 0 Å². The molecule has 1 aliphatic carbocycles. The molecule has 1 aromatic rings. The predicted molar refractivity (Wildman–Crippen MR) is 71.5 cm³/mol. The summed E-state index contributed by atoms with van der Waals surface area (Å²) in [5, 5.41) is 12.7. The molecule has 0 aliphatic heterocycles. The third kappa shape index (κ3) is 3.15. The van der Waals surface area contributed by atoms with Gasteiger partial charge in [-0.2, -0.15) is 0 Å². The van der Waals surface area contributed by atoms with E-state index in [4.69, 9.17) is 17.3 Å². The van der Waals surface area contributed by atoms with Crippen LogP contribution in [-0.4, -0.2) is 23.7 Å². The van der Waals surface area contributed by atoms with E-state index in [9.17, 15) is 9.90 Å². The van der Waals surface area contributed by atoms with Crippen LogP contribution in [0.5, 0.6) is 0 Å². The first-order valence-corrected chi connectivity index (χ1v) is 6.45. The van der Waals surface area contributed by atoms with Gasteiger partial charge in [0.1, 0.15) is 0 Å². The zero-order valence-corrected chi connectivity index (χ0v) is 10.8. The molecule has 2 rings (SSSR count). The van der Waals surface area contributed by atoms with Crippen LogP contribution < -0.4 is 11.1 Å². The summed E-state index contributed by atoms with van der Waals surface area (Å²) >= 11 is 5.87. The van der Waals surface area contributed by atoms with Gasteiger partial charge in [-0.15, -0.1) is 0 Å². The molecule has 0 aromatic heterocycles. The molecule has 4 nitrogen and oxygen atoms in total. The Labute approximate surface area is 111 Å². The highest BCUT2D eigenvalue weighted by molar-refractivity contribution is 6.33. The number of hydrogen-bond donors (Lipinski definition) is 3. The molecule has 2 unspecified atom stereocenters. The monoisotopic (exact) mass is 268 g/mol. The fourth-order valence-electron chi connectivity index (χ4n) is 2.24. The van der Waals surface area contributed by atoms with Crippen molar-refractivity contribution < 1.29 is 9.90 Å². The average molecular weight is 269 g/mol. The van der Waals surface area contributed by atoms with E-state index in [1.807, 2.05) is 0 Å². The summed E-state index contributed by atoms with van der Waals surface area (Å²) in [5.74, 6) is 0.214. The fraction of sp³-hybridized carbons (Fsp3) is 0.462. The predicted octanol–water partition coefficient (Wildman–Crippen LogP) is 1.81. The van der Waals surface area contributed by atoms with Crippen molar-refractivity contribution in [3.05, 3.63) is 28.8 Å². The molecule has 0 radical (unpaired) electrons. The van der Waals surface area contributed by atoms with Crippen molar-refractivity contribution in [2.75, 3.05) is 12.3 Å². The second-order valence-electron chi connectivity index (χ2n) is 4.78. The SMILES string of the molecule is Nc1ccc(C(=O)NCC2CCC(O)C2)cc1Cl. The van der Waals surface area contributed by atoms with Gasteiger partial charge in [0.25, 0.3) is 5.91 Å². The molecule has 0 heterocycles. The third-order valence-corrected chi connectivity index (χ3v) is 3.65. The molecule has 1 amide bonds. The van der Waals surface area contributed by atoms with Gasteiger partial charge in [-0.25, -0.2) is 0 Å². The number of carbonyl (C=O) groups excluding carboxylic acids is 1. The van der Waals surface area contributed by atoms with E-state index in [1.54, 1.807) is 18.2 Å². The van der Waals surface area contributed by atoms with E-state index < -0.39 is 0 Å². The Morgan fingerprint density at radius 1 is 1.50 bits per heavy atom. The normalized spacial score (nSPS) is 23.0. The molecule has 0 spiro atoms.